The van der Waals surface area contributed by atoms with Crippen molar-refractivity contribution in [1.29, 1.82) is 5.41 Å². The zero-order valence-electron chi connectivity index (χ0n) is 20.3. The second-order valence-corrected chi connectivity index (χ2v) is 9.95. The van der Waals surface area contributed by atoms with Gasteiger partial charge in [0.05, 0.1) is 28.9 Å². The molecule has 6 N–H and O–H groups in total. The predicted molar refractivity (Wildman–Crippen MR) is 153 cm³/mol. The van der Waals surface area contributed by atoms with E-state index in [0.29, 0.717) is 34.0 Å². The normalized spacial score (nSPS) is 10.5. The second-order valence-electron chi connectivity index (χ2n) is 8.27. The van der Waals surface area contributed by atoms with Gasteiger partial charge in [-0.25, -0.2) is 4.98 Å². The second kappa shape index (κ2) is 12.6. The lowest BCUT2D eigenvalue weighted by atomic mass is 9.93. The number of rotatable bonds is 5. The van der Waals surface area contributed by atoms with Crippen LogP contribution < -0.4 is 16.8 Å². The van der Waals surface area contributed by atoms with Crippen molar-refractivity contribution < 1.29 is 9.32 Å². The van der Waals surface area contributed by atoms with Crippen molar-refractivity contribution in [2.24, 2.45) is 0 Å². The molecule has 0 saturated carbocycles. The molecule has 0 unspecified atom stereocenters. The van der Waals surface area contributed by atoms with Crippen LogP contribution >= 0.6 is 30.1 Å². The topological polar surface area (TPSA) is 144 Å². The van der Waals surface area contributed by atoms with E-state index < -0.39 is 0 Å². The fourth-order valence-corrected chi connectivity index (χ4v) is 3.45. The number of carbonyl (C=O) groups is 1. The lowest BCUT2D eigenvalue weighted by Crippen LogP contribution is -2.15. The van der Waals surface area contributed by atoms with Crippen LogP contribution in [-0.2, 0) is 16.6 Å². The minimum atomic E-state index is -0.219. The maximum Gasteiger partial charge on any atom is 0.230 e. The Hall–Kier alpha value is -3.04. The number of hydrogen-bond donors (Lipinski definition) is 4. The summed E-state index contributed by atoms with van der Waals surface area (Å²) in [6.45, 7) is 10.0. The van der Waals surface area contributed by atoms with Gasteiger partial charge in [-0.05, 0) is 19.7 Å². The Bertz CT molecular complexity index is 1250. The maximum atomic E-state index is 12.4. The largest absolute Gasteiger partial charge is 0.397 e. The molecule has 0 fully saturated rings. The molecule has 0 radical (unpaired) electrons. The quantitative estimate of drug-likeness (QED) is 0.170. The average Bonchev–Trinajstić information content (AvgIpc) is 3.29. The first-order chi connectivity index (χ1) is 16.6. The van der Waals surface area contributed by atoms with Crippen LogP contribution in [-0.4, -0.2) is 21.8 Å². The van der Waals surface area contributed by atoms with E-state index in [1.807, 2.05) is 34.6 Å². The number of nitrogens with one attached hydrogen (secondary N) is 2. The van der Waals surface area contributed by atoms with Crippen molar-refractivity contribution in [3.63, 3.8) is 0 Å². The molecular formula is C25H29IN6O2S. The molecule has 0 aliphatic rings. The van der Waals surface area contributed by atoms with E-state index in [1.165, 1.54) is 15.1 Å². The van der Waals surface area contributed by atoms with Crippen molar-refractivity contribution in [3.05, 3.63) is 64.5 Å². The minimum absolute atomic E-state index is 0.136. The zero-order chi connectivity index (χ0) is 26.2. The SMILES string of the molecule is CC.CC(C)(C)c1cc(NC(=O)Cc2ccc(C(=N)c3c(N)ncc(C#CSI)c3N)cc2)no1. The smallest absolute Gasteiger partial charge is 0.230 e. The number of carbonyl (C=O) groups excluding carboxylic acids is 1. The van der Waals surface area contributed by atoms with Crippen molar-refractivity contribution in [1.82, 2.24) is 10.1 Å². The molecule has 0 saturated heterocycles. The van der Waals surface area contributed by atoms with Crippen LogP contribution in [0.15, 0.2) is 41.1 Å². The Balaban J connectivity index is 0.00000210. The number of nitrogen functional groups attached to an aromatic ring is 2. The van der Waals surface area contributed by atoms with Gasteiger partial charge >= 0.3 is 0 Å². The fourth-order valence-electron chi connectivity index (χ4n) is 2.97. The minimum Gasteiger partial charge on any atom is -0.397 e. The van der Waals surface area contributed by atoms with E-state index in [9.17, 15) is 4.79 Å². The molecule has 0 bridgehead atoms. The van der Waals surface area contributed by atoms with Gasteiger partial charge in [-0.15, -0.1) is 0 Å². The molecule has 10 heteroatoms. The summed E-state index contributed by atoms with van der Waals surface area (Å²) < 4.78 is 5.29. The van der Waals surface area contributed by atoms with E-state index in [-0.39, 0.29) is 29.3 Å². The summed E-state index contributed by atoms with van der Waals surface area (Å²) in [4.78, 5) is 16.5. The van der Waals surface area contributed by atoms with Gasteiger partial charge < -0.3 is 21.3 Å². The van der Waals surface area contributed by atoms with Gasteiger partial charge in [0.15, 0.2) is 5.82 Å². The van der Waals surface area contributed by atoms with Crippen LogP contribution in [0.4, 0.5) is 17.3 Å². The summed E-state index contributed by atoms with van der Waals surface area (Å²) in [6.07, 6.45) is 1.65. The number of hydrogen-bond acceptors (Lipinski definition) is 8. The highest BCUT2D eigenvalue weighted by atomic mass is 127. The zero-order valence-corrected chi connectivity index (χ0v) is 23.3. The highest BCUT2D eigenvalue weighted by Crippen LogP contribution is 2.26. The molecule has 1 aromatic carbocycles. The third-order valence-electron chi connectivity index (χ3n) is 4.75. The van der Waals surface area contributed by atoms with Crippen LogP contribution in [0.2, 0.25) is 0 Å². The van der Waals surface area contributed by atoms with E-state index in [1.54, 1.807) is 30.3 Å². The van der Waals surface area contributed by atoms with E-state index in [0.717, 1.165) is 5.56 Å². The van der Waals surface area contributed by atoms with Gasteiger partial charge in [-0.1, -0.05) is 70.0 Å². The number of halogens is 1. The highest BCUT2D eigenvalue weighted by Gasteiger charge is 2.20. The molecule has 0 atom stereocenters. The number of nitrogens with zero attached hydrogens (tertiary/aromatic N) is 2. The highest BCUT2D eigenvalue weighted by molar-refractivity contribution is 14.2. The summed E-state index contributed by atoms with van der Waals surface area (Å²) in [7, 11) is 1.33. The van der Waals surface area contributed by atoms with E-state index in [4.69, 9.17) is 21.4 Å². The first kappa shape index (κ1) is 28.2. The van der Waals surface area contributed by atoms with Gasteiger partial charge in [-0.2, -0.15) is 0 Å². The number of nitrogens with two attached hydrogens (primary N) is 2. The molecule has 0 aliphatic heterocycles. The monoisotopic (exact) mass is 604 g/mol. The number of anilines is 3. The summed E-state index contributed by atoms with van der Waals surface area (Å²) in [5.74, 6) is 3.92. The van der Waals surface area contributed by atoms with Gasteiger partial charge in [0.1, 0.15) is 11.6 Å². The fraction of sp³-hybridized carbons (Fsp3) is 0.280. The third-order valence-corrected chi connectivity index (χ3v) is 5.59. The summed E-state index contributed by atoms with van der Waals surface area (Å²) in [6, 6.07) is 8.78. The Labute approximate surface area is 222 Å². The van der Waals surface area contributed by atoms with Crippen LogP contribution in [0.1, 0.15) is 62.6 Å². The van der Waals surface area contributed by atoms with Gasteiger partial charge in [0.2, 0.25) is 5.91 Å². The van der Waals surface area contributed by atoms with Crippen LogP contribution in [0.3, 0.4) is 0 Å². The Kier molecular flexibility index (Phi) is 10.2. The Morgan fingerprint density at radius 1 is 1.23 bits per heavy atom. The first-order valence-corrected chi connectivity index (χ1v) is 14.2. The van der Waals surface area contributed by atoms with E-state index >= 15 is 0 Å². The van der Waals surface area contributed by atoms with Crippen molar-refractivity contribution in [3.8, 4) is 11.2 Å². The molecule has 0 aliphatic carbocycles. The summed E-state index contributed by atoms with van der Waals surface area (Å²) in [5.41, 5.74) is 14.7. The molecule has 35 heavy (non-hydrogen) atoms. The molecule has 8 nitrogen and oxygen atoms in total. The van der Waals surface area contributed by atoms with Crippen molar-refractivity contribution in [2.45, 2.75) is 46.5 Å². The maximum absolute atomic E-state index is 12.4. The molecule has 3 aromatic rings. The number of pyridine rings is 1. The Morgan fingerprint density at radius 3 is 2.46 bits per heavy atom. The molecular weight excluding hydrogens is 575 g/mol. The van der Waals surface area contributed by atoms with E-state index in [2.05, 4.69) is 47.8 Å². The molecule has 184 valence electrons. The van der Waals surface area contributed by atoms with Crippen LogP contribution in [0.25, 0.3) is 0 Å². The molecule has 1 amide bonds. The molecule has 0 spiro atoms. The lowest BCUT2D eigenvalue weighted by Gasteiger charge is -2.12. The van der Waals surface area contributed by atoms with Crippen LogP contribution in [0.5, 0.6) is 0 Å². The average molecular weight is 605 g/mol. The van der Waals surface area contributed by atoms with Gasteiger partial charge in [0, 0.05) is 44.4 Å². The molecule has 2 heterocycles. The molecule has 3 rings (SSSR count). The van der Waals surface area contributed by atoms with Crippen molar-refractivity contribution in [2.75, 3.05) is 16.8 Å². The third kappa shape index (κ3) is 7.47. The number of amides is 1. The first-order valence-electron chi connectivity index (χ1n) is 10.9. The Morgan fingerprint density at radius 2 is 1.89 bits per heavy atom. The summed E-state index contributed by atoms with van der Waals surface area (Å²) >= 11 is 2.06. The van der Waals surface area contributed by atoms with Crippen molar-refractivity contribution >= 4 is 59.1 Å². The lowest BCUT2D eigenvalue weighted by molar-refractivity contribution is -0.115. The summed E-state index contributed by atoms with van der Waals surface area (Å²) in [5, 5.41) is 18.1. The number of aromatic nitrogens is 2. The van der Waals surface area contributed by atoms with Crippen LogP contribution in [0, 0.1) is 16.6 Å². The predicted octanol–water partition coefficient (Wildman–Crippen LogP) is 5.55. The van der Waals surface area contributed by atoms with Gasteiger partial charge in [0.25, 0.3) is 0 Å². The number of benzene rings is 1. The molecule has 2 aromatic heterocycles. The van der Waals surface area contributed by atoms with Gasteiger partial charge in [-0.3, -0.25) is 10.2 Å². The standard InChI is InChI=1S/C23H23IN6O2S.C2H6/c1-23(2,3)16-11-17(30-32-16)29-18(31)10-13-4-6-14(7-5-13)20(25)19-21(26)15(8-9-33-24)12-28-22(19)27;1-2/h4-7,11-12,25H,10H2,1-3H3,(H4,26,27,28)(H,29,30,31);1-2H3.